The van der Waals surface area contributed by atoms with E-state index in [0.29, 0.717) is 25.7 Å². The highest BCUT2D eigenvalue weighted by molar-refractivity contribution is 7.47. The Bertz CT molecular complexity index is 1690. The van der Waals surface area contributed by atoms with Crippen LogP contribution in [-0.4, -0.2) is 96.7 Å². The van der Waals surface area contributed by atoms with Crippen LogP contribution in [-0.2, 0) is 65.4 Å². The summed E-state index contributed by atoms with van der Waals surface area (Å²) in [5, 5.41) is 10.6. The van der Waals surface area contributed by atoms with Crippen LogP contribution < -0.4 is 0 Å². The van der Waals surface area contributed by atoms with Crippen LogP contribution in [0.15, 0.2) is 0 Å². The lowest BCUT2D eigenvalue weighted by molar-refractivity contribution is -0.161. The van der Waals surface area contributed by atoms with E-state index in [1.807, 2.05) is 0 Å². The van der Waals surface area contributed by atoms with Crippen LogP contribution >= 0.6 is 15.6 Å². The molecule has 0 aromatic rings. The number of esters is 4. The zero-order valence-electron chi connectivity index (χ0n) is 56.2. The Balaban J connectivity index is 5.24. The smallest absolute Gasteiger partial charge is 0.462 e. The van der Waals surface area contributed by atoms with Gasteiger partial charge in [0.2, 0.25) is 0 Å². The lowest BCUT2D eigenvalue weighted by Gasteiger charge is -2.21. The average molecular weight is 1280 g/mol. The molecule has 0 aliphatic rings. The van der Waals surface area contributed by atoms with E-state index in [2.05, 4.69) is 34.6 Å². The van der Waals surface area contributed by atoms with Gasteiger partial charge in [-0.15, -0.1) is 0 Å². The van der Waals surface area contributed by atoms with Crippen LogP contribution in [0, 0.1) is 5.92 Å². The fourth-order valence-corrected chi connectivity index (χ4v) is 11.8. The molecule has 87 heavy (non-hydrogen) atoms. The van der Waals surface area contributed by atoms with Crippen LogP contribution in [0.4, 0.5) is 0 Å². The molecule has 6 atom stereocenters. The van der Waals surface area contributed by atoms with Gasteiger partial charge in [0.15, 0.2) is 12.2 Å². The molecule has 17 nitrogen and oxygen atoms in total. The van der Waals surface area contributed by atoms with E-state index >= 15 is 0 Å². The first-order chi connectivity index (χ1) is 42.1. The second kappa shape index (κ2) is 61.6. The third kappa shape index (κ3) is 61.3. The van der Waals surface area contributed by atoms with E-state index < -0.39 is 97.5 Å². The van der Waals surface area contributed by atoms with Crippen molar-refractivity contribution in [2.45, 2.75) is 368 Å². The highest BCUT2D eigenvalue weighted by atomic mass is 31.2. The van der Waals surface area contributed by atoms with Gasteiger partial charge < -0.3 is 33.8 Å². The molecule has 0 saturated carbocycles. The van der Waals surface area contributed by atoms with E-state index in [1.54, 1.807) is 0 Å². The Morgan fingerprint density at radius 2 is 0.552 bits per heavy atom. The molecule has 19 heteroatoms. The van der Waals surface area contributed by atoms with Crippen LogP contribution in [0.25, 0.3) is 0 Å². The molecule has 0 aromatic carbocycles. The maximum atomic E-state index is 13.0. The highest BCUT2D eigenvalue weighted by Crippen LogP contribution is 2.45. The maximum absolute atomic E-state index is 13.0. The Hall–Kier alpha value is -1.94. The van der Waals surface area contributed by atoms with Gasteiger partial charge in [0.05, 0.1) is 26.4 Å². The van der Waals surface area contributed by atoms with Gasteiger partial charge in [-0.2, -0.15) is 0 Å². The summed E-state index contributed by atoms with van der Waals surface area (Å²) in [6, 6.07) is 0. The molecule has 0 heterocycles. The number of aliphatic hydroxyl groups is 1. The van der Waals surface area contributed by atoms with E-state index in [1.165, 1.54) is 173 Å². The van der Waals surface area contributed by atoms with Gasteiger partial charge in [-0.1, -0.05) is 298 Å². The number of aliphatic hydroxyl groups excluding tert-OH is 1. The minimum absolute atomic E-state index is 0.105. The summed E-state index contributed by atoms with van der Waals surface area (Å²) >= 11 is 0. The number of phosphoric ester groups is 2. The van der Waals surface area contributed by atoms with E-state index in [0.717, 1.165) is 95.8 Å². The molecule has 0 spiro atoms. The lowest BCUT2D eigenvalue weighted by Crippen LogP contribution is -2.30. The van der Waals surface area contributed by atoms with Gasteiger partial charge in [0.1, 0.15) is 19.3 Å². The fraction of sp³-hybridized carbons (Fsp3) is 0.941. The summed E-state index contributed by atoms with van der Waals surface area (Å²) in [5.41, 5.74) is 0. The third-order valence-corrected chi connectivity index (χ3v) is 18.0. The number of carbonyl (C=O) groups is 4. The molecule has 0 saturated heterocycles. The third-order valence-electron chi connectivity index (χ3n) is 16.1. The Kier molecular flexibility index (Phi) is 60.2. The molecule has 0 amide bonds. The zero-order valence-corrected chi connectivity index (χ0v) is 57.9. The topological polar surface area (TPSA) is 237 Å². The molecule has 0 aliphatic heterocycles. The summed E-state index contributed by atoms with van der Waals surface area (Å²) in [6.07, 6.45) is 47.0. The van der Waals surface area contributed by atoms with Crippen molar-refractivity contribution in [2.75, 3.05) is 39.6 Å². The van der Waals surface area contributed by atoms with Crippen molar-refractivity contribution in [3.8, 4) is 0 Å². The van der Waals surface area contributed by atoms with Crippen molar-refractivity contribution in [3.63, 3.8) is 0 Å². The predicted octanol–water partition coefficient (Wildman–Crippen LogP) is 19.4. The summed E-state index contributed by atoms with van der Waals surface area (Å²) in [6.45, 7) is 7.22. The van der Waals surface area contributed by atoms with E-state index in [-0.39, 0.29) is 25.7 Å². The molecule has 0 rings (SSSR count). The normalized spacial score (nSPS) is 14.4. The average Bonchev–Trinajstić information content (AvgIpc) is 3.57. The number of carbonyl (C=O) groups excluding carboxylic acids is 4. The molecular weight excluding hydrogens is 1150 g/mol. The second-order valence-electron chi connectivity index (χ2n) is 24.8. The Labute approximate surface area is 530 Å². The SMILES string of the molecule is CCCCCCCCCCCCCCCC(=O)OC[C@H](COP(=O)(O)OC[C@@H](O)COP(=O)(O)OC[C@@H](COC(=O)CCCCCCCCCCC)OC(=O)CCCCCCCCCCC(C)CC)OC(=O)CCCCCCCCCCCCCCC. The fourth-order valence-electron chi connectivity index (χ4n) is 10.3. The number of rotatable bonds is 68. The number of phosphoric acid groups is 2. The van der Waals surface area contributed by atoms with Crippen LogP contribution in [0.5, 0.6) is 0 Å². The largest absolute Gasteiger partial charge is 0.472 e. The molecule has 3 N–H and O–H groups in total. The van der Waals surface area contributed by atoms with Crippen molar-refractivity contribution >= 4 is 39.5 Å². The molecule has 516 valence electrons. The van der Waals surface area contributed by atoms with Gasteiger partial charge in [0.25, 0.3) is 0 Å². The van der Waals surface area contributed by atoms with E-state index in [9.17, 15) is 43.2 Å². The molecule has 0 aliphatic carbocycles. The Morgan fingerprint density at radius 1 is 0.322 bits per heavy atom. The monoisotopic (exact) mass is 1280 g/mol. The molecule has 0 fully saturated rings. The summed E-state index contributed by atoms with van der Waals surface area (Å²) in [4.78, 5) is 72.4. The molecule has 3 unspecified atom stereocenters. The van der Waals surface area contributed by atoms with Crippen LogP contribution in [0.3, 0.4) is 0 Å². The Morgan fingerprint density at radius 3 is 0.816 bits per heavy atom. The highest BCUT2D eigenvalue weighted by Gasteiger charge is 2.30. The van der Waals surface area contributed by atoms with E-state index in [4.69, 9.17) is 37.0 Å². The lowest BCUT2D eigenvalue weighted by atomic mass is 9.99. The number of hydrogen-bond acceptors (Lipinski definition) is 15. The summed E-state index contributed by atoms with van der Waals surface area (Å²) in [5.74, 6) is -1.36. The van der Waals surface area contributed by atoms with Crippen molar-refractivity contribution in [1.82, 2.24) is 0 Å². The van der Waals surface area contributed by atoms with Gasteiger partial charge in [-0.3, -0.25) is 37.3 Å². The van der Waals surface area contributed by atoms with Crippen LogP contribution in [0.2, 0.25) is 0 Å². The molecule has 0 radical (unpaired) electrons. The molecule has 0 bridgehead atoms. The number of unbranched alkanes of at least 4 members (excludes halogenated alkanes) is 39. The minimum atomic E-state index is -4.95. The summed E-state index contributed by atoms with van der Waals surface area (Å²) in [7, 11) is -9.89. The maximum Gasteiger partial charge on any atom is 0.472 e. The summed E-state index contributed by atoms with van der Waals surface area (Å²) < 4.78 is 68.2. The van der Waals surface area contributed by atoms with Gasteiger partial charge >= 0.3 is 39.5 Å². The number of hydrogen-bond donors (Lipinski definition) is 3. The number of ether oxygens (including phenoxy) is 4. The second-order valence-corrected chi connectivity index (χ2v) is 27.7. The first-order valence-corrected chi connectivity index (χ1v) is 38.7. The minimum Gasteiger partial charge on any atom is -0.462 e. The zero-order chi connectivity index (χ0) is 64.2. The standard InChI is InChI=1S/C68H132O17P2/c1-6-10-13-16-19-22-24-26-28-31-37-42-47-52-66(71)79-58-63(84-67(72)53-48-43-38-32-29-27-25-23-20-17-14-11-7-2)59-82-86(74,75)80-55-62(69)56-81-87(76,77)83-60-64(57-78-65(70)51-46-41-36-30-21-18-15-12-8-3)85-68(73)54-49-44-39-34-33-35-40-45-50-61(5)9-4/h61-64,69H,6-60H2,1-5H3,(H,74,75)(H,76,77)/t61?,62-,63-,64-/m1/s1. The van der Waals surface area contributed by atoms with Crippen molar-refractivity contribution in [3.05, 3.63) is 0 Å². The van der Waals surface area contributed by atoms with Gasteiger partial charge in [0, 0.05) is 25.7 Å². The molecular formula is C68H132O17P2. The first kappa shape index (κ1) is 85.1. The van der Waals surface area contributed by atoms with Crippen molar-refractivity contribution in [2.24, 2.45) is 5.92 Å². The van der Waals surface area contributed by atoms with Gasteiger partial charge in [-0.05, 0) is 31.6 Å². The van der Waals surface area contributed by atoms with Crippen LogP contribution in [0.1, 0.15) is 349 Å². The first-order valence-electron chi connectivity index (χ1n) is 35.7. The van der Waals surface area contributed by atoms with Crippen molar-refractivity contribution < 1.29 is 80.2 Å². The van der Waals surface area contributed by atoms with Gasteiger partial charge in [-0.25, -0.2) is 9.13 Å². The predicted molar refractivity (Wildman–Crippen MR) is 349 cm³/mol. The van der Waals surface area contributed by atoms with Crippen molar-refractivity contribution in [1.29, 1.82) is 0 Å². The quantitative estimate of drug-likeness (QED) is 0.0222. The molecule has 0 aromatic heterocycles.